The smallest absolute Gasteiger partial charge is 0.267 e. The summed E-state index contributed by atoms with van der Waals surface area (Å²) >= 11 is 6.31. The first-order chi connectivity index (χ1) is 13.1. The van der Waals surface area contributed by atoms with Gasteiger partial charge in [0.25, 0.3) is 5.56 Å². The second-order valence-electron chi connectivity index (χ2n) is 6.18. The molecule has 1 atom stereocenters. The van der Waals surface area contributed by atoms with Crippen LogP contribution in [0.5, 0.6) is 0 Å². The molecule has 0 aliphatic rings. The number of nitrogens with zero attached hydrogens (tertiary/aromatic N) is 3. The van der Waals surface area contributed by atoms with Crippen LogP contribution in [0.15, 0.2) is 77.9 Å². The van der Waals surface area contributed by atoms with E-state index in [-0.39, 0.29) is 11.6 Å². The second kappa shape index (κ2) is 7.21. The van der Waals surface area contributed by atoms with Gasteiger partial charge in [-0.15, -0.1) is 0 Å². The van der Waals surface area contributed by atoms with Crippen molar-refractivity contribution in [1.29, 1.82) is 0 Å². The molecule has 27 heavy (non-hydrogen) atoms. The molecule has 0 bridgehead atoms. The molecular weight excluding hydrogens is 360 g/mol. The molecule has 0 aliphatic carbocycles. The molecule has 0 amide bonds. The van der Waals surface area contributed by atoms with E-state index in [0.717, 1.165) is 11.4 Å². The molecule has 2 aromatic carbocycles. The van der Waals surface area contributed by atoms with E-state index < -0.39 is 0 Å². The second-order valence-corrected chi connectivity index (χ2v) is 6.59. The molecule has 4 rings (SSSR count). The Kier molecular flexibility index (Phi) is 4.60. The number of aromatic nitrogens is 3. The van der Waals surface area contributed by atoms with Gasteiger partial charge in [0.2, 0.25) is 0 Å². The maximum Gasteiger partial charge on any atom is 0.267 e. The highest BCUT2D eigenvalue weighted by molar-refractivity contribution is 6.35. The van der Waals surface area contributed by atoms with Gasteiger partial charge in [-0.05, 0) is 43.3 Å². The molecule has 4 aromatic rings. The molecule has 0 radical (unpaired) electrons. The summed E-state index contributed by atoms with van der Waals surface area (Å²) in [5, 5.41) is 4.20. The van der Waals surface area contributed by atoms with E-state index in [1.54, 1.807) is 35.2 Å². The molecule has 0 aliphatic heterocycles. The Labute approximate surface area is 161 Å². The summed E-state index contributed by atoms with van der Waals surface area (Å²) in [5.41, 5.74) is 2.04. The largest absolute Gasteiger partial charge is 0.375 e. The first-order valence-electron chi connectivity index (χ1n) is 8.58. The lowest BCUT2D eigenvalue weighted by atomic mass is 10.2. The topological polar surface area (TPSA) is 59.8 Å². The van der Waals surface area contributed by atoms with Gasteiger partial charge < -0.3 is 5.32 Å². The zero-order valence-electron chi connectivity index (χ0n) is 14.6. The number of halogens is 1. The summed E-state index contributed by atoms with van der Waals surface area (Å²) < 4.78 is 1.62. The highest BCUT2D eigenvalue weighted by atomic mass is 35.5. The van der Waals surface area contributed by atoms with Gasteiger partial charge in [-0.25, -0.2) is 4.98 Å². The van der Waals surface area contributed by atoms with E-state index in [1.165, 1.54) is 0 Å². The van der Waals surface area contributed by atoms with Gasteiger partial charge >= 0.3 is 0 Å². The minimum atomic E-state index is -0.219. The molecule has 0 spiro atoms. The zero-order valence-corrected chi connectivity index (χ0v) is 15.4. The lowest BCUT2D eigenvalue weighted by Crippen LogP contribution is -2.27. The van der Waals surface area contributed by atoms with Crippen molar-refractivity contribution in [3.63, 3.8) is 0 Å². The van der Waals surface area contributed by atoms with Crippen LogP contribution in [0.2, 0.25) is 5.02 Å². The number of fused-ring (bicyclic) bond motifs is 1. The predicted octanol–water partition coefficient (Wildman–Crippen LogP) is 4.61. The Bertz CT molecular complexity index is 1140. The van der Waals surface area contributed by atoms with E-state index >= 15 is 0 Å². The van der Waals surface area contributed by atoms with Crippen molar-refractivity contribution in [3.8, 4) is 5.69 Å². The number of pyridine rings is 1. The molecule has 5 nitrogen and oxygen atoms in total. The molecule has 0 saturated carbocycles. The van der Waals surface area contributed by atoms with Gasteiger partial charge in [-0.1, -0.05) is 35.9 Å². The predicted molar refractivity (Wildman–Crippen MR) is 109 cm³/mol. The van der Waals surface area contributed by atoms with Crippen LogP contribution in [0.3, 0.4) is 0 Å². The number of benzene rings is 2. The molecule has 0 fully saturated rings. The standard InChI is InChI=1S/C21H17ClN4O/c1-14(24-15-10-12-23-13-11-15)20-25-18-9-5-8-17(22)19(18)21(27)26(20)16-6-3-2-4-7-16/h2-14H,1H3,(H,23,24)/t14-/m0/s1. The quantitative estimate of drug-likeness (QED) is 0.565. The van der Waals surface area contributed by atoms with Crippen molar-refractivity contribution in [1.82, 2.24) is 14.5 Å². The number of para-hydroxylation sites is 1. The van der Waals surface area contributed by atoms with Gasteiger partial charge in [-0.3, -0.25) is 14.3 Å². The minimum absolute atomic E-state index is 0.185. The Morgan fingerprint density at radius 2 is 1.74 bits per heavy atom. The van der Waals surface area contributed by atoms with Crippen molar-refractivity contribution in [2.45, 2.75) is 13.0 Å². The van der Waals surface area contributed by atoms with Crippen LogP contribution in [0.1, 0.15) is 18.8 Å². The summed E-state index contributed by atoms with van der Waals surface area (Å²) in [4.78, 5) is 22.1. The molecule has 2 heterocycles. The fourth-order valence-electron chi connectivity index (χ4n) is 3.09. The number of hydrogen-bond donors (Lipinski definition) is 1. The van der Waals surface area contributed by atoms with E-state index in [1.807, 2.05) is 49.4 Å². The maximum atomic E-state index is 13.3. The van der Waals surface area contributed by atoms with E-state index in [0.29, 0.717) is 21.7 Å². The van der Waals surface area contributed by atoms with Crippen LogP contribution in [-0.4, -0.2) is 14.5 Å². The van der Waals surface area contributed by atoms with Crippen molar-refractivity contribution in [2.75, 3.05) is 5.32 Å². The van der Waals surface area contributed by atoms with Crippen LogP contribution in [0.25, 0.3) is 16.6 Å². The van der Waals surface area contributed by atoms with E-state index in [4.69, 9.17) is 16.6 Å². The molecule has 1 N–H and O–H groups in total. The van der Waals surface area contributed by atoms with Gasteiger partial charge in [0.05, 0.1) is 27.7 Å². The van der Waals surface area contributed by atoms with Crippen molar-refractivity contribution in [2.24, 2.45) is 0 Å². The highest BCUT2D eigenvalue weighted by Crippen LogP contribution is 2.24. The zero-order chi connectivity index (χ0) is 18.8. The number of anilines is 1. The first kappa shape index (κ1) is 17.2. The fourth-order valence-corrected chi connectivity index (χ4v) is 3.34. The summed E-state index contributed by atoms with van der Waals surface area (Å²) in [5.74, 6) is 0.609. The van der Waals surface area contributed by atoms with E-state index in [2.05, 4.69) is 10.3 Å². The third-order valence-corrected chi connectivity index (χ3v) is 4.65. The molecule has 6 heteroatoms. The molecule has 2 aromatic heterocycles. The molecule has 0 saturated heterocycles. The maximum absolute atomic E-state index is 13.3. The average Bonchev–Trinajstić information content (AvgIpc) is 2.69. The SMILES string of the molecule is C[C@H](Nc1ccncc1)c1nc2cccc(Cl)c2c(=O)n1-c1ccccc1. The first-order valence-corrected chi connectivity index (χ1v) is 8.96. The van der Waals surface area contributed by atoms with Crippen LogP contribution >= 0.6 is 11.6 Å². The van der Waals surface area contributed by atoms with Gasteiger partial charge in [0.15, 0.2) is 0 Å². The average molecular weight is 377 g/mol. The van der Waals surface area contributed by atoms with Gasteiger partial charge in [-0.2, -0.15) is 0 Å². The Hall–Kier alpha value is -3.18. The monoisotopic (exact) mass is 376 g/mol. The van der Waals surface area contributed by atoms with Crippen molar-refractivity contribution < 1.29 is 0 Å². The normalized spacial score (nSPS) is 12.1. The third-order valence-electron chi connectivity index (χ3n) is 4.34. The lowest BCUT2D eigenvalue weighted by Gasteiger charge is -2.20. The third kappa shape index (κ3) is 3.29. The molecule has 134 valence electrons. The number of rotatable bonds is 4. The summed E-state index contributed by atoms with van der Waals surface area (Å²) in [7, 11) is 0. The van der Waals surface area contributed by atoms with Crippen molar-refractivity contribution in [3.05, 3.63) is 94.3 Å². The fraction of sp³-hybridized carbons (Fsp3) is 0.0952. The van der Waals surface area contributed by atoms with Crippen LogP contribution < -0.4 is 10.9 Å². The summed E-state index contributed by atoms with van der Waals surface area (Å²) in [6.07, 6.45) is 3.43. The van der Waals surface area contributed by atoms with E-state index in [9.17, 15) is 4.79 Å². The molecular formula is C21H17ClN4O. The minimum Gasteiger partial charge on any atom is -0.375 e. The molecule has 0 unspecified atom stereocenters. The lowest BCUT2D eigenvalue weighted by molar-refractivity contribution is 0.734. The number of nitrogens with one attached hydrogen (secondary N) is 1. The number of hydrogen-bond acceptors (Lipinski definition) is 4. The Morgan fingerprint density at radius 3 is 2.48 bits per heavy atom. The van der Waals surface area contributed by atoms with Crippen LogP contribution in [0.4, 0.5) is 5.69 Å². The van der Waals surface area contributed by atoms with Crippen LogP contribution in [0, 0.1) is 0 Å². The van der Waals surface area contributed by atoms with Crippen LogP contribution in [-0.2, 0) is 0 Å². The van der Waals surface area contributed by atoms with Gasteiger partial charge in [0.1, 0.15) is 5.82 Å². The highest BCUT2D eigenvalue weighted by Gasteiger charge is 2.19. The van der Waals surface area contributed by atoms with Gasteiger partial charge in [0, 0.05) is 18.1 Å². The Morgan fingerprint density at radius 1 is 1.00 bits per heavy atom. The summed E-state index contributed by atoms with van der Waals surface area (Å²) in [6.45, 7) is 1.97. The Balaban J connectivity index is 1.94. The van der Waals surface area contributed by atoms with Crippen molar-refractivity contribution >= 4 is 28.2 Å². The summed E-state index contributed by atoms with van der Waals surface area (Å²) in [6, 6.07) is 18.3.